The van der Waals surface area contributed by atoms with Gasteiger partial charge in [0.2, 0.25) is 5.88 Å². The average molecular weight is 304 g/mol. The van der Waals surface area contributed by atoms with E-state index in [1.165, 1.54) is 0 Å². The van der Waals surface area contributed by atoms with Crippen molar-refractivity contribution in [2.24, 2.45) is 0 Å². The molecule has 1 heterocycles. The van der Waals surface area contributed by atoms with Gasteiger partial charge >= 0.3 is 18.4 Å². The Kier molecular flexibility index (Phi) is 5.01. The number of halogens is 6. The minimum absolute atomic E-state index is 0.115. The number of alkyl halides is 6. The number of nitrogens with zero attached hydrogens (tertiary/aromatic N) is 2. The zero-order valence-electron chi connectivity index (χ0n) is 10.2. The van der Waals surface area contributed by atoms with Crippen molar-refractivity contribution in [2.75, 3.05) is 13.2 Å². The highest BCUT2D eigenvalue weighted by Gasteiger charge is 2.38. The topological polar surface area (TPSA) is 44.2 Å². The standard InChI is InChI=1S/C10H10F6N2O2/c1-2-3-19-8-17-4-6(10(14,15)16)7(18-8)20-5-9(11,12)13/h4H,2-3,5H2,1H3. The van der Waals surface area contributed by atoms with E-state index in [1.807, 2.05) is 0 Å². The minimum atomic E-state index is -4.93. The molecule has 114 valence electrons. The molecule has 0 atom stereocenters. The Bertz CT molecular complexity index is 446. The molecule has 1 aromatic heterocycles. The Labute approximate surface area is 109 Å². The van der Waals surface area contributed by atoms with Crippen molar-refractivity contribution >= 4 is 0 Å². The van der Waals surface area contributed by atoms with Gasteiger partial charge in [-0.15, -0.1) is 0 Å². The SMILES string of the molecule is CCCOc1ncc(C(F)(F)F)c(OCC(F)(F)F)n1. The molecular weight excluding hydrogens is 294 g/mol. The molecule has 0 aromatic carbocycles. The quantitative estimate of drug-likeness (QED) is 0.783. The minimum Gasteiger partial charge on any atom is -0.467 e. The van der Waals surface area contributed by atoms with Gasteiger partial charge in [0.1, 0.15) is 5.56 Å². The predicted octanol–water partition coefficient (Wildman–Crippen LogP) is 3.23. The first-order chi connectivity index (χ1) is 9.13. The van der Waals surface area contributed by atoms with E-state index in [0.29, 0.717) is 12.6 Å². The molecule has 0 aliphatic rings. The van der Waals surface area contributed by atoms with E-state index in [9.17, 15) is 26.3 Å². The predicted molar refractivity (Wildman–Crippen MR) is 54.4 cm³/mol. The fraction of sp³-hybridized carbons (Fsp3) is 0.600. The van der Waals surface area contributed by atoms with Crippen LogP contribution in [0.2, 0.25) is 0 Å². The normalized spacial score (nSPS) is 12.3. The van der Waals surface area contributed by atoms with Crippen LogP contribution >= 0.6 is 0 Å². The molecule has 0 saturated heterocycles. The van der Waals surface area contributed by atoms with Crippen LogP contribution in [0.25, 0.3) is 0 Å². The third-order valence-corrected chi connectivity index (χ3v) is 1.84. The largest absolute Gasteiger partial charge is 0.467 e. The summed E-state index contributed by atoms with van der Waals surface area (Å²) < 4.78 is 82.6. The molecule has 0 aliphatic carbocycles. The smallest absolute Gasteiger partial charge is 0.423 e. The van der Waals surface area contributed by atoms with Gasteiger partial charge in [0.05, 0.1) is 12.8 Å². The van der Waals surface area contributed by atoms with Gasteiger partial charge in [-0.25, -0.2) is 4.98 Å². The van der Waals surface area contributed by atoms with Crippen molar-refractivity contribution in [3.05, 3.63) is 11.8 Å². The highest BCUT2D eigenvalue weighted by molar-refractivity contribution is 5.28. The first-order valence-electron chi connectivity index (χ1n) is 5.40. The fourth-order valence-electron chi connectivity index (χ4n) is 1.07. The lowest BCUT2D eigenvalue weighted by molar-refractivity contribution is -0.159. The molecule has 0 spiro atoms. The van der Waals surface area contributed by atoms with E-state index in [-0.39, 0.29) is 6.61 Å². The Morgan fingerprint density at radius 3 is 2.25 bits per heavy atom. The molecule has 0 fully saturated rings. The maximum absolute atomic E-state index is 12.6. The van der Waals surface area contributed by atoms with Crippen LogP contribution < -0.4 is 9.47 Å². The van der Waals surface area contributed by atoms with Gasteiger partial charge in [-0.3, -0.25) is 0 Å². The third kappa shape index (κ3) is 5.10. The lowest BCUT2D eigenvalue weighted by Crippen LogP contribution is -2.22. The Balaban J connectivity index is 3.00. The molecule has 1 aromatic rings. The lowest BCUT2D eigenvalue weighted by atomic mass is 10.3. The summed E-state index contributed by atoms with van der Waals surface area (Å²) in [6.07, 6.45) is -8.85. The van der Waals surface area contributed by atoms with Gasteiger partial charge < -0.3 is 9.47 Å². The van der Waals surface area contributed by atoms with Gasteiger partial charge in [0.25, 0.3) is 0 Å². The Morgan fingerprint density at radius 2 is 1.75 bits per heavy atom. The average Bonchev–Trinajstić information content (AvgIpc) is 2.31. The van der Waals surface area contributed by atoms with Gasteiger partial charge in [-0.2, -0.15) is 31.3 Å². The molecule has 0 aliphatic heterocycles. The van der Waals surface area contributed by atoms with E-state index in [2.05, 4.69) is 14.7 Å². The Morgan fingerprint density at radius 1 is 1.10 bits per heavy atom. The molecule has 10 heteroatoms. The second kappa shape index (κ2) is 6.14. The summed E-state index contributed by atoms with van der Waals surface area (Å²) in [5, 5.41) is 0. The van der Waals surface area contributed by atoms with E-state index < -0.39 is 36.4 Å². The molecular formula is C10H10F6N2O2. The van der Waals surface area contributed by atoms with Gasteiger partial charge in [-0.1, -0.05) is 6.92 Å². The van der Waals surface area contributed by atoms with E-state index in [0.717, 1.165) is 0 Å². The summed E-state index contributed by atoms with van der Waals surface area (Å²) in [4.78, 5) is 6.48. The summed E-state index contributed by atoms with van der Waals surface area (Å²) >= 11 is 0. The van der Waals surface area contributed by atoms with Crippen LogP contribution in [0.1, 0.15) is 18.9 Å². The summed E-state index contributed by atoms with van der Waals surface area (Å²) in [5.74, 6) is -1.21. The summed E-state index contributed by atoms with van der Waals surface area (Å²) in [5.41, 5.74) is -1.49. The zero-order chi connectivity index (χ0) is 15.4. The van der Waals surface area contributed by atoms with Crippen molar-refractivity contribution in [3.63, 3.8) is 0 Å². The lowest BCUT2D eigenvalue weighted by Gasteiger charge is -2.14. The highest BCUT2D eigenvalue weighted by Crippen LogP contribution is 2.35. The molecule has 0 radical (unpaired) electrons. The molecule has 0 saturated carbocycles. The number of aromatic nitrogens is 2. The van der Waals surface area contributed by atoms with E-state index in [4.69, 9.17) is 4.74 Å². The summed E-state index contributed by atoms with van der Waals surface area (Å²) in [6.45, 7) is -0.0461. The first-order valence-corrected chi connectivity index (χ1v) is 5.40. The van der Waals surface area contributed by atoms with Crippen LogP contribution in [0.15, 0.2) is 6.20 Å². The second-order valence-electron chi connectivity index (χ2n) is 3.62. The van der Waals surface area contributed by atoms with Crippen LogP contribution in [0.4, 0.5) is 26.3 Å². The van der Waals surface area contributed by atoms with Crippen LogP contribution in [-0.2, 0) is 6.18 Å². The van der Waals surface area contributed by atoms with E-state index >= 15 is 0 Å². The zero-order valence-corrected chi connectivity index (χ0v) is 10.2. The number of hydrogen-bond acceptors (Lipinski definition) is 4. The molecule has 0 N–H and O–H groups in total. The highest BCUT2D eigenvalue weighted by atomic mass is 19.4. The van der Waals surface area contributed by atoms with Crippen LogP contribution in [-0.4, -0.2) is 29.4 Å². The molecule has 0 amide bonds. The van der Waals surface area contributed by atoms with Crippen LogP contribution in [0.3, 0.4) is 0 Å². The summed E-state index contributed by atoms with van der Waals surface area (Å²) in [7, 11) is 0. The fourth-order valence-corrected chi connectivity index (χ4v) is 1.07. The van der Waals surface area contributed by atoms with Crippen molar-refractivity contribution in [2.45, 2.75) is 25.7 Å². The number of hydrogen-bond donors (Lipinski definition) is 0. The van der Waals surface area contributed by atoms with Crippen LogP contribution in [0.5, 0.6) is 11.9 Å². The van der Waals surface area contributed by atoms with Gasteiger partial charge in [0.15, 0.2) is 6.61 Å². The van der Waals surface area contributed by atoms with Gasteiger partial charge in [-0.05, 0) is 6.42 Å². The first kappa shape index (κ1) is 16.3. The van der Waals surface area contributed by atoms with Crippen molar-refractivity contribution in [3.8, 4) is 11.9 Å². The molecule has 20 heavy (non-hydrogen) atoms. The molecule has 0 unspecified atom stereocenters. The number of rotatable bonds is 5. The monoisotopic (exact) mass is 304 g/mol. The van der Waals surface area contributed by atoms with Crippen molar-refractivity contribution < 1.29 is 35.8 Å². The van der Waals surface area contributed by atoms with Gasteiger partial charge in [0, 0.05) is 0 Å². The van der Waals surface area contributed by atoms with Crippen molar-refractivity contribution in [1.82, 2.24) is 9.97 Å². The maximum atomic E-state index is 12.6. The van der Waals surface area contributed by atoms with Crippen LogP contribution in [0, 0.1) is 0 Å². The maximum Gasteiger partial charge on any atom is 0.423 e. The van der Waals surface area contributed by atoms with E-state index in [1.54, 1.807) is 6.92 Å². The number of ether oxygens (including phenoxy) is 2. The second-order valence-corrected chi connectivity index (χ2v) is 3.62. The molecule has 4 nitrogen and oxygen atoms in total. The van der Waals surface area contributed by atoms with Crippen molar-refractivity contribution in [1.29, 1.82) is 0 Å². The third-order valence-electron chi connectivity index (χ3n) is 1.84. The molecule has 0 bridgehead atoms. The summed E-state index contributed by atoms with van der Waals surface area (Å²) in [6, 6.07) is -0.475. The Hall–Kier alpha value is -1.74. The molecule has 1 rings (SSSR count).